The maximum Gasteiger partial charge on any atom is 0.228 e. The number of hydrogen-bond donors (Lipinski definition) is 3. The fourth-order valence-electron chi connectivity index (χ4n) is 1.96. The molecule has 106 valence electrons. The molecule has 0 aromatic heterocycles. The zero-order valence-corrected chi connectivity index (χ0v) is 12.4. The highest BCUT2D eigenvalue weighted by atomic mass is 35.5. The van der Waals surface area contributed by atoms with E-state index in [4.69, 9.17) is 23.2 Å². The normalized spacial score (nSPS) is 18.5. The van der Waals surface area contributed by atoms with Crippen molar-refractivity contribution in [2.24, 2.45) is 5.92 Å². The molecule has 19 heavy (non-hydrogen) atoms. The van der Waals surface area contributed by atoms with Crippen molar-refractivity contribution >= 4 is 47.2 Å². The Balaban J connectivity index is 0.00000180. The van der Waals surface area contributed by atoms with Crippen LogP contribution in [0.3, 0.4) is 0 Å². The molecule has 1 aromatic carbocycles. The number of carbonyl (C=O) groups is 1. The number of nitrogens with one attached hydrogen (secondary N) is 2. The highest BCUT2D eigenvalue weighted by Crippen LogP contribution is 2.34. The lowest BCUT2D eigenvalue weighted by atomic mass is 9.99. The second-order valence-corrected chi connectivity index (χ2v) is 5.14. The fraction of sp³-hybridized carbons (Fsp3) is 0.417. The summed E-state index contributed by atoms with van der Waals surface area (Å²) in [5, 5.41) is 15.6. The summed E-state index contributed by atoms with van der Waals surface area (Å²) in [6.45, 7) is 1.64. The Bertz CT molecular complexity index is 439. The number of aromatic hydroxyl groups is 1. The van der Waals surface area contributed by atoms with E-state index in [9.17, 15) is 9.90 Å². The summed E-state index contributed by atoms with van der Waals surface area (Å²) in [6.07, 6.45) is 1.87. The van der Waals surface area contributed by atoms with E-state index in [1.165, 1.54) is 12.1 Å². The van der Waals surface area contributed by atoms with Crippen molar-refractivity contribution in [2.75, 3.05) is 18.4 Å². The van der Waals surface area contributed by atoms with E-state index in [-0.39, 0.29) is 40.0 Å². The highest BCUT2D eigenvalue weighted by molar-refractivity contribution is 6.37. The van der Waals surface area contributed by atoms with Gasteiger partial charge in [0.15, 0.2) is 5.75 Å². The van der Waals surface area contributed by atoms with Crippen LogP contribution in [0.25, 0.3) is 0 Å². The van der Waals surface area contributed by atoms with E-state index in [1.807, 2.05) is 0 Å². The van der Waals surface area contributed by atoms with Gasteiger partial charge in [0.2, 0.25) is 5.91 Å². The number of amides is 1. The Morgan fingerprint density at radius 2 is 2.00 bits per heavy atom. The predicted octanol–water partition coefficient (Wildman–Crippen LogP) is 3.06. The minimum Gasteiger partial charge on any atom is -0.505 e. The van der Waals surface area contributed by atoms with Gasteiger partial charge in [0.25, 0.3) is 0 Å². The molecule has 1 aliphatic rings. The molecule has 0 radical (unpaired) electrons. The van der Waals surface area contributed by atoms with Gasteiger partial charge >= 0.3 is 0 Å². The molecule has 1 heterocycles. The molecule has 0 spiro atoms. The quantitative estimate of drug-likeness (QED) is 0.732. The van der Waals surface area contributed by atoms with Gasteiger partial charge in [-0.2, -0.15) is 0 Å². The van der Waals surface area contributed by atoms with Crippen molar-refractivity contribution in [1.82, 2.24) is 5.32 Å². The molecule has 4 nitrogen and oxygen atoms in total. The zero-order valence-electron chi connectivity index (χ0n) is 10.1. The summed E-state index contributed by atoms with van der Waals surface area (Å²) in [6, 6.07) is 2.97. The Hall–Kier alpha value is -0.680. The monoisotopic (exact) mass is 324 g/mol. The van der Waals surface area contributed by atoms with E-state index in [0.717, 1.165) is 19.4 Å². The van der Waals surface area contributed by atoms with Crippen LogP contribution in [0.1, 0.15) is 12.8 Å². The number of phenolic OH excluding ortho intramolecular Hbond substituents is 1. The van der Waals surface area contributed by atoms with E-state index < -0.39 is 0 Å². The lowest BCUT2D eigenvalue weighted by molar-refractivity contribution is -0.120. The number of piperidine rings is 1. The topological polar surface area (TPSA) is 61.4 Å². The van der Waals surface area contributed by atoms with Crippen LogP contribution in [0, 0.1) is 5.92 Å². The van der Waals surface area contributed by atoms with Gasteiger partial charge in [-0.3, -0.25) is 4.79 Å². The van der Waals surface area contributed by atoms with Gasteiger partial charge in [-0.05, 0) is 31.5 Å². The van der Waals surface area contributed by atoms with Gasteiger partial charge in [-0.1, -0.05) is 23.2 Å². The summed E-state index contributed by atoms with van der Waals surface area (Å²) in [7, 11) is 0. The molecule has 3 N–H and O–H groups in total. The van der Waals surface area contributed by atoms with Gasteiger partial charge in [-0.15, -0.1) is 12.4 Å². The van der Waals surface area contributed by atoms with Crippen molar-refractivity contribution in [3.05, 3.63) is 22.2 Å². The Kier molecular flexibility index (Phi) is 6.20. The van der Waals surface area contributed by atoms with Gasteiger partial charge < -0.3 is 15.7 Å². The van der Waals surface area contributed by atoms with E-state index in [2.05, 4.69) is 10.6 Å². The second kappa shape index (κ2) is 7.20. The third kappa shape index (κ3) is 4.14. The van der Waals surface area contributed by atoms with E-state index in [0.29, 0.717) is 12.2 Å². The molecule has 7 heteroatoms. The SMILES string of the molecule is Cl.O=C(Nc1cc(Cl)c(O)c(Cl)c1)[C@@H]1CCCNC1. The number of carbonyl (C=O) groups excluding carboxylic acids is 1. The molecule has 1 aromatic rings. The number of anilines is 1. The first-order valence-corrected chi connectivity index (χ1v) is 6.53. The van der Waals surface area contributed by atoms with Crippen molar-refractivity contribution in [1.29, 1.82) is 0 Å². The molecule has 0 saturated carbocycles. The van der Waals surface area contributed by atoms with Crippen LogP contribution in [0.15, 0.2) is 12.1 Å². The predicted molar refractivity (Wildman–Crippen MR) is 79.6 cm³/mol. The van der Waals surface area contributed by atoms with Crippen LogP contribution in [-0.2, 0) is 4.79 Å². The number of hydrogen-bond acceptors (Lipinski definition) is 3. The summed E-state index contributed by atoms with van der Waals surface area (Å²) in [4.78, 5) is 12.0. The second-order valence-electron chi connectivity index (χ2n) is 4.32. The molecule has 2 rings (SSSR count). The Morgan fingerprint density at radius 1 is 1.37 bits per heavy atom. The van der Waals surface area contributed by atoms with E-state index >= 15 is 0 Å². The standard InChI is InChI=1S/C12H14Cl2N2O2.ClH/c13-9-4-8(5-10(14)11(9)17)16-12(18)7-2-1-3-15-6-7;/h4-5,7,15,17H,1-3,6H2,(H,16,18);1H/t7-;/m1./s1. The molecular formula is C12H15Cl3N2O2. The van der Waals surface area contributed by atoms with Crippen LogP contribution < -0.4 is 10.6 Å². The molecule has 0 bridgehead atoms. The Labute approximate surface area is 127 Å². The first kappa shape index (κ1) is 16.4. The number of rotatable bonds is 2. The van der Waals surface area contributed by atoms with Crippen LogP contribution in [-0.4, -0.2) is 24.1 Å². The summed E-state index contributed by atoms with van der Waals surface area (Å²) in [5.74, 6) is -0.263. The first-order valence-electron chi connectivity index (χ1n) is 5.77. The van der Waals surface area contributed by atoms with Crippen molar-refractivity contribution in [3.8, 4) is 5.75 Å². The highest BCUT2D eigenvalue weighted by Gasteiger charge is 2.21. The molecule has 1 amide bonds. The maximum absolute atomic E-state index is 12.0. The molecular weight excluding hydrogens is 311 g/mol. The third-order valence-corrected chi connectivity index (χ3v) is 3.53. The summed E-state index contributed by atoms with van der Waals surface area (Å²) in [5.41, 5.74) is 0.498. The van der Waals surface area contributed by atoms with Crippen LogP contribution in [0.5, 0.6) is 5.75 Å². The lowest BCUT2D eigenvalue weighted by Crippen LogP contribution is -2.37. The van der Waals surface area contributed by atoms with Crippen LogP contribution in [0.2, 0.25) is 10.0 Å². The van der Waals surface area contributed by atoms with E-state index in [1.54, 1.807) is 0 Å². The molecule has 0 unspecified atom stereocenters. The van der Waals surface area contributed by atoms with Crippen molar-refractivity contribution in [2.45, 2.75) is 12.8 Å². The van der Waals surface area contributed by atoms with Crippen LogP contribution in [0.4, 0.5) is 5.69 Å². The lowest BCUT2D eigenvalue weighted by Gasteiger charge is -2.22. The van der Waals surface area contributed by atoms with Crippen LogP contribution >= 0.6 is 35.6 Å². The maximum atomic E-state index is 12.0. The minimum atomic E-state index is -0.171. The fourth-order valence-corrected chi connectivity index (χ4v) is 2.44. The third-order valence-electron chi connectivity index (χ3n) is 2.95. The average Bonchev–Trinajstić information content (AvgIpc) is 2.37. The number of phenols is 1. The number of benzene rings is 1. The van der Waals surface area contributed by atoms with Gasteiger partial charge in [0.05, 0.1) is 16.0 Å². The van der Waals surface area contributed by atoms with Gasteiger partial charge in [0.1, 0.15) is 0 Å². The zero-order chi connectivity index (χ0) is 13.1. The molecule has 1 aliphatic heterocycles. The van der Waals surface area contributed by atoms with Crippen molar-refractivity contribution in [3.63, 3.8) is 0 Å². The number of halogens is 3. The average molecular weight is 326 g/mol. The summed E-state index contributed by atoms with van der Waals surface area (Å²) < 4.78 is 0. The van der Waals surface area contributed by atoms with Crippen molar-refractivity contribution < 1.29 is 9.90 Å². The largest absolute Gasteiger partial charge is 0.505 e. The summed E-state index contributed by atoms with van der Waals surface area (Å²) >= 11 is 11.6. The smallest absolute Gasteiger partial charge is 0.228 e. The molecule has 1 fully saturated rings. The van der Waals surface area contributed by atoms with Gasteiger partial charge in [0, 0.05) is 12.2 Å². The van der Waals surface area contributed by atoms with Gasteiger partial charge in [-0.25, -0.2) is 0 Å². The first-order chi connectivity index (χ1) is 8.58. The Morgan fingerprint density at radius 3 is 2.53 bits per heavy atom. The molecule has 1 atom stereocenters. The molecule has 1 saturated heterocycles. The minimum absolute atomic E-state index is 0. The molecule has 0 aliphatic carbocycles.